The van der Waals surface area contributed by atoms with Gasteiger partial charge in [-0.25, -0.2) is 0 Å². The summed E-state index contributed by atoms with van der Waals surface area (Å²) in [5, 5.41) is 23.6. The Morgan fingerprint density at radius 1 is 0.967 bits per heavy atom. The van der Waals surface area contributed by atoms with Crippen molar-refractivity contribution < 1.29 is 0 Å². The van der Waals surface area contributed by atoms with Crippen LogP contribution >= 0.6 is 0 Å². The van der Waals surface area contributed by atoms with Gasteiger partial charge in [0.1, 0.15) is 0 Å². The Balaban J connectivity index is 1.21. The van der Waals surface area contributed by atoms with Gasteiger partial charge in [-0.3, -0.25) is 9.36 Å². The number of piperidine rings is 1. The van der Waals surface area contributed by atoms with Crippen molar-refractivity contribution in [2.75, 3.05) is 32.7 Å². The van der Waals surface area contributed by atoms with Crippen molar-refractivity contribution in [2.24, 2.45) is 5.73 Å². The van der Waals surface area contributed by atoms with Crippen molar-refractivity contribution >= 4 is 0 Å². The van der Waals surface area contributed by atoms with Crippen molar-refractivity contribution in [3.63, 3.8) is 0 Å². The lowest BCUT2D eigenvalue weighted by atomic mass is 10.1. The number of nitrogens with two attached hydrogens (primary N) is 1. The Hall–Kier alpha value is -1.88. The van der Waals surface area contributed by atoms with Gasteiger partial charge in [0.25, 0.3) is 0 Å². The van der Waals surface area contributed by atoms with Gasteiger partial charge in [0, 0.05) is 51.2 Å². The molecule has 2 aromatic heterocycles. The zero-order chi connectivity index (χ0) is 21.0. The summed E-state index contributed by atoms with van der Waals surface area (Å²) in [4.78, 5) is 2.57. The molecule has 1 aliphatic rings. The summed E-state index contributed by atoms with van der Waals surface area (Å²) in [5.74, 6) is 0. The highest BCUT2D eigenvalue weighted by atomic mass is 15.4. The standard InChI is InChI=1S/C20H38N10/c1-18(23-7-5-11-29-16-19(13-21)24-26-29)14-22-15-20-17-30(27-25-20)12-6-10-28-8-3-2-4-9-28/h16-18,22-23H,2-15,21H2,1H3. The molecular formula is C20H38N10. The Bertz CT molecular complexity index is 706. The van der Waals surface area contributed by atoms with E-state index in [2.05, 4.69) is 49.3 Å². The topological polar surface area (TPSA) is 115 Å². The van der Waals surface area contributed by atoms with Crippen molar-refractivity contribution in [3.05, 3.63) is 23.8 Å². The summed E-state index contributed by atoms with van der Waals surface area (Å²) in [6.07, 6.45) is 10.2. The Morgan fingerprint density at radius 2 is 1.67 bits per heavy atom. The molecule has 1 saturated heterocycles. The molecule has 4 N–H and O–H groups in total. The third-order valence-electron chi connectivity index (χ3n) is 5.51. The summed E-state index contributed by atoms with van der Waals surface area (Å²) < 4.78 is 3.82. The van der Waals surface area contributed by atoms with Crippen LogP contribution in [0.2, 0.25) is 0 Å². The van der Waals surface area contributed by atoms with Crippen molar-refractivity contribution in [3.8, 4) is 0 Å². The average Bonchev–Trinajstić information content (AvgIpc) is 3.41. The third-order valence-corrected chi connectivity index (χ3v) is 5.51. The molecule has 0 amide bonds. The van der Waals surface area contributed by atoms with Crippen LogP contribution in [0.5, 0.6) is 0 Å². The van der Waals surface area contributed by atoms with Crippen LogP contribution in [0.15, 0.2) is 12.4 Å². The summed E-state index contributed by atoms with van der Waals surface area (Å²) in [6.45, 7) is 10.7. The number of hydrogen-bond acceptors (Lipinski definition) is 8. The number of aryl methyl sites for hydroxylation is 2. The first-order valence-corrected chi connectivity index (χ1v) is 11.4. The second-order valence-corrected chi connectivity index (χ2v) is 8.25. The fourth-order valence-corrected chi connectivity index (χ4v) is 3.79. The van der Waals surface area contributed by atoms with Crippen LogP contribution in [-0.2, 0) is 26.2 Å². The number of likely N-dealkylation sites (tertiary alicyclic amines) is 1. The number of hydrogen-bond donors (Lipinski definition) is 3. The molecule has 0 radical (unpaired) electrons. The number of nitrogens with zero attached hydrogens (tertiary/aromatic N) is 7. The predicted octanol–water partition coefficient (Wildman–Crippen LogP) is 0.362. The van der Waals surface area contributed by atoms with Crippen LogP contribution in [0.4, 0.5) is 0 Å². The molecule has 0 aliphatic carbocycles. The molecule has 0 bridgehead atoms. The van der Waals surface area contributed by atoms with Gasteiger partial charge in [-0.05, 0) is 58.8 Å². The predicted molar refractivity (Wildman–Crippen MR) is 117 cm³/mol. The monoisotopic (exact) mass is 418 g/mol. The van der Waals surface area contributed by atoms with E-state index in [1.165, 1.54) is 38.9 Å². The molecule has 3 heterocycles. The Labute approximate surface area is 179 Å². The van der Waals surface area contributed by atoms with Crippen molar-refractivity contribution in [1.29, 1.82) is 0 Å². The zero-order valence-electron chi connectivity index (χ0n) is 18.3. The van der Waals surface area contributed by atoms with Crippen LogP contribution in [0.25, 0.3) is 0 Å². The molecule has 0 aromatic carbocycles. The van der Waals surface area contributed by atoms with Gasteiger partial charge in [-0.2, -0.15) is 0 Å². The first-order chi connectivity index (χ1) is 14.7. The minimum atomic E-state index is 0.389. The largest absolute Gasteiger partial charge is 0.325 e. The van der Waals surface area contributed by atoms with E-state index in [0.29, 0.717) is 12.6 Å². The van der Waals surface area contributed by atoms with Gasteiger partial charge in [0.15, 0.2) is 0 Å². The lowest BCUT2D eigenvalue weighted by molar-refractivity contribution is 0.221. The molecule has 0 spiro atoms. The maximum Gasteiger partial charge on any atom is 0.0964 e. The highest BCUT2D eigenvalue weighted by Gasteiger charge is 2.09. The van der Waals surface area contributed by atoms with Gasteiger partial charge in [-0.1, -0.05) is 16.8 Å². The molecule has 1 atom stereocenters. The minimum absolute atomic E-state index is 0.389. The Kier molecular flexibility index (Phi) is 9.68. The van der Waals surface area contributed by atoms with Gasteiger partial charge in [0.05, 0.1) is 11.4 Å². The molecule has 2 aromatic rings. The molecular weight excluding hydrogens is 380 g/mol. The van der Waals surface area contributed by atoms with Crippen molar-refractivity contribution in [2.45, 2.75) is 71.2 Å². The van der Waals surface area contributed by atoms with Gasteiger partial charge >= 0.3 is 0 Å². The van der Waals surface area contributed by atoms with Gasteiger partial charge < -0.3 is 21.3 Å². The molecule has 1 unspecified atom stereocenters. The summed E-state index contributed by atoms with van der Waals surface area (Å²) >= 11 is 0. The van der Waals surface area contributed by atoms with Crippen LogP contribution in [0, 0.1) is 0 Å². The second kappa shape index (κ2) is 12.7. The number of rotatable bonds is 14. The van der Waals surface area contributed by atoms with Crippen LogP contribution in [0.1, 0.15) is 50.4 Å². The average molecular weight is 419 g/mol. The third kappa shape index (κ3) is 8.10. The summed E-state index contributed by atoms with van der Waals surface area (Å²) in [6, 6.07) is 0.389. The van der Waals surface area contributed by atoms with E-state index in [1.54, 1.807) is 0 Å². The molecule has 1 fully saturated rings. The van der Waals surface area contributed by atoms with Crippen LogP contribution in [0.3, 0.4) is 0 Å². The maximum atomic E-state index is 5.55. The molecule has 0 saturated carbocycles. The molecule has 10 heteroatoms. The maximum absolute atomic E-state index is 5.55. The lowest BCUT2D eigenvalue weighted by Crippen LogP contribution is -2.36. The SMILES string of the molecule is CC(CNCc1cn(CCCN2CCCCC2)nn1)NCCCn1cc(CN)nn1. The zero-order valence-corrected chi connectivity index (χ0v) is 18.3. The smallest absolute Gasteiger partial charge is 0.0964 e. The van der Waals surface area contributed by atoms with Crippen molar-refractivity contribution in [1.82, 2.24) is 45.5 Å². The van der Waals surface area contributed by atoms with E-state index in [9.17, 15) is 0 Å². The molecule has 30 heavy (non-hydrogen) atoms. The van der Waals surface area contributed by atoms with E-state index in [-0.39, 0.29) is 0 Å². The number of aromatic nitrogens is 6. The highest BCUT2D eigenvalue weighted by molar-refractivity contribution is 4.92. The first-order valence-electron chi connectivity index (χ1n) is 11.4. The molecule has 168 valence electrons. The van der Waals surface area contributed by atoms with Gasteiger partial charge in [0.2, 0.25) is 0 Å². The second-order valence-electron chi connectivity index (χ2n) is 8.25. The summed E-state index contributed by atoms with van der Waals surface area (Å²) in [7, 11) is 0. The van der Waals surface area contributed by atoms with Crippen LogP contribution in [-0.4, -0.2) is 73.7 Å². The quantitative estimate of drug-likeness (QED) is 0.377. The highest BCUT2D eigenvalue weighted by Crippen LogP contribution is 2.09. The lowest BCUT2D eigenvalue weighted by Gasteiger charge is -2.26. The van der Waals surface area contributed by atoms with E-state index >= 15 is 0 Å². The molecule has 10 nitrogen and oxygen atoms in total. The fraction of sp³-hybridized carbons (Fsp3) is 0.800. The van der Waals surface area contributed by atoms with Gasteiger partial charge in [-0.15, -0.1) is 10.2 Å². The minimum Gasteiger partial charge on any atom is -0.325 e. The Morgan fingerprint density at radius 3 is 2.40 bits per heavy atom. The van der Waals surface area contributed by atoms with E-state index in [4.69, 9.17) is 5.73 Å². The van der Waals surface area contributed by atoms with E-state index in [1.807, 2.05) is 15.6 Å². The molecule has 3 rings (SSSR count). The summed E-state index contributed by atoms with van der Waals surface area (Å²) in [5.41, 5.74) is 7.39. The normalized spacial score (nSPS) is 16.2. The number of nitrogens with one attached hydrogen (secondary N) is 2. The first kappa shape index (κ1) is 22.8. The fourth-order valence-electron chi connectivity index (χ4n) is 3.79. The van der Waals surface area contributed by atoms with Crippen LogP contribution < -0.4 is 16.4 Å². The molecule has 1 aliphatic heterocycles. The van der Waals surface area contributed by atoms with E-state index in [0.717, 1.165) is 57.0 Å². The van der Waals surface area contributed by atoms with E-state index < -0.39 is 0 Å².